The van der Waals surface area contributed by atoms with E-state index in [0.29, 0.717) is 18.9 Å². The van der Waals surface area contributed by atoms with Crippen LogP contribution in [-0.4, -0.2) is 66.2 Å². The first-order chi connectivity index (χ1) is 11.1. The van der Waals surface area contributed by atoms with E-state index in [1.165, 1.54) is 5.56 Å². The van der Waals surface area contributed by atoms with Gasteiger partial charge in [-0.05, 0) is 30.9 Å². The molecule has 23 heavy (non-hydrogen) atoms. The zero-order chi connectivity index (χ0) is 16.2. The third kappa shape index (κ3) is 4.31. The van der Waals surface area contributed by atoms with Crippen molar-refractivity contribution in [3.63, 3.8) is 0 Å². The Morgan fingerprint density at radius 1 is 1.39 bits per heavy atom. The number of likely N-dealkylation sites (tertiary alicyclic amines) is 1. The standard InChI is InChI=1S/C18H27N3O2/c1-20(18(23)17-9-16(22)10-19-17)11-15-7-8-21(13-15)12-14-5-3-2-4-6-14/h2-6,15-17,19,22H,7-13H2,1H3. The van der Waals surface area contributed by atoms with E-state index in [0.717, 1.165) is 32.6 Å². The number of β-amino-alcohol motifs (C(OH)–C–C–N with tert-alkyl or cyclic N) is 1. The second-order valence-electron chi connectivity index (χ2n) is 6.94. The Hall–Kier alpha value is -1.43. The molecule has 1 amide bonds. The summed E-state index contributed by atoms with van der Waals surface area (Å²) in [6, 6.07) is 10.3. The number of carbonyl (C=O) groups is 1. The average Bonchev–Trinajstić information content (AvgIpc) is 3.17. The van der Waals surface area contributed by atoms with Gasteiger partial charge in [0.1, 0.15) is 0 Å². The first-order valence-corrected chi connectivity index (χ1v) is 8.54. The maximum absolute atomic E-state index is 12.4. The van der Waals surface area contributed by atoms with Gasteiger partial charge in [-0.15, -0.1) is 0 Å². The Bertz CT molecular complexity index is 522. The molecule has 2 aliphatic rings. The summed E-state index contributed by atoms with van der Waals surface area (Å²) in [5.74, 6) is 0.655. The van der Waals surface area contributed by atoms with Crippen molar-refractivity contribution in [2.75, 3.05) is 33.2 Å². The van der Waals surface area contributed by atoms with Crippen molar-refractivity contribution >= 4 is 5.91 Å². The highest BCUT2D eigenvalue weighted by Gasteiger charge is 2.32. The topological polar surface area (TPSA) is 55.8 Å². The van der Waals surface area contributed by atoms with Crippen molar-refractivity contribution in [1.29, 1.82) is 0 Å². The monoisotopic (exact) mass is 317 g/mol. The van der Waals surface area contributed by atoms with Crippen molar-refractivity contribution in [2.24, 2.45) is 5.92 Å². The number of nitrogens with zero attached hydrogens (tertiary/aromatic N) is 2. The smallest absolute Gasteiger partial charge is 0.239 e. The van der Waals surface area contributed by atoms with Crippen LogP contribution in [-0.2, 0) is 11.3 Å². The van der Waals surface area contributed by atoms with Gasteiger partial charge in [-0.1, -0.05) is 30.3 Å². The van der Waals surface area contributed by atoms with Crippen LogP contribution in [0.15, 0.2) is 30.3 Å². The first kappa shape index (κ1) is 16.4. The number of likely N-dealkylation sites (N-methyl/N-ethyl adjacent to an activating group) is 1. The summed E-state index contributed by atoms with van der Waals surface area (Å²) in [5.41, 5.74) is 1.35. The molecule has 2 saturated heterocycles. The summed E-state index contributed by atoms with van der Waals surface area (Å²) in [5, 5.41) is 12.7. The van der Waals surface area contributed by atoms with Gasteiger partial charge in [0, 0.05) is 33.2 Å². The Labute approximate surface area is 138 Å². The summed E-state index contributed by atoms with van der Waals surface area (Å²) >= 11 is 0. The molecule has 0 saturated carbocycles. The van der Waals surface area contributed by atoms with Crippen LogP contribution in [0.25, 0.3) is 0 Å². The molecule has 0 aromatic heterocycles. The van der Waals surface area contributed by atoms with Gasteiger partial charge in [-0.2, -0.15) is 0 Å². The lowest BCUT2D eigenvalue weighted by atomic mass is 10.1. The number of benzene rings is 1. The maximum Gasteiger partial charge on any atom is 0.239 e. The minimum absolute atomic E-state index is 0.114. The molecule has 1 aromatic carbocycles. The molecule has 0 bridgehead atoms. The lowest BCUT2D eigenvalue weighted by molar-refractivity contribution is -0.132. The second-order valence-corrected chi connectivity index (χ2v) is 6.94. The number of hydrogen-bond donors (Lipinski definition) is 2. The van der Waals surface area contributed by atoms with Crippen LogP contribution in [0.3, 0.4) is 0 Å². The lowest BCUT2D eigenvalue weighted by Crippen LogP contribution is -2.43. The van der Waals surface area contributed by atoms with E-state index in [9.17, 15) is 9.90 Å². The van der Waals surface area contributed by atoms with E-state index in [2.05, 4.69) is 34.5 Å². The minimum atomic E-state index is -0.384. The SMILES string of the molecule is CN(CC1CCN(Cc2ccccc2)C1)C(=O)C1CC(O)CN1. The molecule has 0 radical (unpaired) electrons. The summed E-state index contributed by atoms with van der Waals surface area (Å²) in [7, 11) is 1.88. The number of aliphatic hydroxyl groups is 1. The first-order valence-electron chi connectivity index (χ1n) is 8.54. The van der Waals surface area contributed by atoms with E-state index >= 15 is 0 Å². The van der Waals surface area contributed by atoms with Crippen molar-refractivity contribution < 1.29 is 9.90 Å². The van der Waals surface area contributed by atoms with Gasteiger partial charge in [-0.3, -0.25) is 9.69 Å². The van der Waals surface area contributed by atoms with Crippen LogP contribution < -0.4 is 5.32 Å². The van der Waals surface area contributed by atoms with Gasteiger partial charge in [0.15, 0.2) is 0 Å². The highest BCUT2D eigenvalue weighted by Crippen LogP contribution is 2.20. The van der Waals surface area contributed by atoms with Gasteiger partial charge < -0.3 is 15.3 Å². The third-order valence-electron chi connectivity index (χ3n) is 4.93. The van der Waals surface area contributed by atoms with Gasteiger partial charge >= 0.3 is 0 Å². The molecule has 2 heterocycles. The fourth-order valence-electron chi connectivity index (χ4n) is 3.70. The molecule has 5 heteroatoms. The summed E-state index contributed by atoms with van der Waals surface area (Å²) in [6.07, 6.45) is 1.30. The van der Waals surface area contributed by atoms with E-state index in [-0.39, 0.29) is 18.1 Å². The molecule has 5 nitrogen and oxygen atoms in total. The van der Waals surface area contributed by atoms with Crippen LogP contribution >= 0.6 is 0 Å². The molecule has 2 fully saturated rings. The molecule has 2 N–H and O–H groups in total. The number of rotatable bonds is 5. The molecular weight excluding hydrogens is 290 g/mol. The van der Waals surface area contributed by atoms with Gasteiger partial charge in [0.05, 0.1) is 12.1 Å². The molecule has 2 aliphatic heterocycles. The van der Waals surface area contributed by atoms with E-state index in [1.807, 2.05) is 18.0 Å². The van der Waals surface area contributed by atoms with Crippen LogP contribution in [0.5, 0.6) is 0 Å². The molecule has 0 spiro atoms. The van der Waals surface area contributed by atoms with Gasteiger partial charge in [-0.25, -0.2) is 0 Å². The maximum atomic E-state index is 12.4. The van der Waals surface area contributed by atoms with Crippen LogP contribution in [0.2, 0.25) is 0 Å². The van der Waals surface area contributed by atoms with Crippen molar-refractivity contribution in [2.45, 2.75) is 31.5 Å². The zero-order valence-corrected chi connectivity index (χ0v) is 13.8. The molecule has 1 aromatic rings. The van der Waals surface area contributed by atoms with E-state index < -0.39 is 0 Å². The van der Waals surface area contributed by atoms with Crippen LogP contribution in [0.4, 0.5) is 0 Å². The van der Waals surface area contributed by atoms with E-state index in [4.69, 9.17) is 0 Å². The number of carbonyl (C=O) groups excluding carboxylic acids is 1. The molecule has 126 valence electrons. The van der Waals surface area contributed by atoms with Crippen molar-refractivity contribution in [1.82, 2.24) is 15.1 Å². The summed E-state index contributed by atoms with van der Waals surface area (Å²) in [4.78, 5) is 16.7. The molecule has 3 atom stereocenters. The normalized spacial score (nSPS) is 28.2. The highest BCUT2D eigenvalue weighted by atomic mass is 16.3. The fraction of sp³-hybridized carbons (Fsp3) is 0.611. The predicted octanol–water partition coefficient (Wildman–Crippen LogP) is 0.690. The lowest BCUT2D eigenvalue weighted by Gasteiger charge is -2.24. The van der Waals surface area contributed by atoms with Crippen molar-refractivity contribution in [3.05, 3.63) is 35.9 Å². The summed E-state index contributed by atoms with van der Waals surface area (Å²) in [6.45, 7) is 4.47. The molecular formula is C18H27N3O2. The van der Waals surface area contributed by atoms with Gasteiger partial charge in [0.25, 0.3) is 0 Å². The second kappa shape index (κ2) is 7.43. The molecule has 3 unspecified atom stereocenters. The third-order valence-corrected chi connectivity index (χ3v) is 4.93. The Kier molecular flexibility index (Phi) is 5.30. The quantitative estimate of drug-likeness (QED) is 0.839. The van der Waals surface area contributed by atoms with Crippen LogP contribution in [0, 0.1) is 5.92 Å². The van der Waals surface area contributed by atoms with Crippen molar-refractivity contribution in [3.8, 4) is 0 Å². The number of nitrogens with one attached hydrogen (secondary N) is 1. The Balaban J connectivity index is 1.45. The average molecular weight is 317 g/mol. The van der Waals surface area contributed by atoms with E-state index in [1.54, 1.807) is 0 Å². The number of aliphatic hydroxyl groups excluding tert-OH is 1. The fourth-order valence-corrected chi connectivity index (χ4v) is 3.70. The Morgan fingerprint density at radius 3 is 2.87 bits per heavy atom. The number of hydrogen-bond acceptors (Lipinski definition) is 4. The largest absolute Gasteiger partial charge is 0.392 e. The molecule has 0 aliphatic carbocycles. The highest BCUT2D eigenvalue weighted by molar-refractivity contribution is 5.82. The van der Waals surface area contributed by atoms with Crippen LogP contribution in [0.1, 0.15) is 18.4 Å². The molecule has 3 rings (SSSR count). The Morgan fingerprint density at radius 2 is 2.17 bits per heavy atom. The summed E-state index contributed by atoms with van der Waals surface area (Å²) < 4.78 is 0. The van der Waals surface area contributed by atoms with Gasteiger partial charge in [0.2, 0.25) is 5.91 Å². The zero-order valence-electron chi connectivity index (χ0n) is 13.8. The predicted molar refractivity (Wildman–Crippen MR) is 89.9 cm³/mol. The number of amides is 1. The minimum Gasteiger partial charge on any atom is -0.392 e.